The predicted molar refractivity (Wildman–Crippen MR) is 171 cm³/mol. The second-order valence-corrected chi connectivity index (χ2v) is 14.7. The van der Waals surface area contributed by atoms with Gasteiger partial charge in [-0.3, -0.25) is 0 Å². The Morgan fingerprint density at radius 2 is 2.04 bits per heavy atom. The number of alkyl carbamates (subject to hydrolysis) is 1. The minimum Gasteiger partial charge on any atom is -0.486 e. The average Bonchev–Trinajstić information content (AvgIpc) is 3.58. The Labute approximate surface area is 274 Å². The lowest BCUT2D eigenvalue weighted by Crippen LogP contribution is -2.55. The zero-order valence-corrected chi connectivity index (χ0v) is 28.2. The number of fused-ring (bicyclic) bond motifs is 3. The molecule has 4 aliphatic heterocycles. The fourth-order valence-electron chi connectivity index (χ4n) is 7.11. The van der Waals surface area contributed by atoms with Crippen molar-refractivity contribution in [3.05, 3.63) is 24.2 Å². The lowest BCUT2D eigenvalue weighted by atomic mass is 9.73. The van der Waals surface area contributed by atoms with Crippen LogP contribution in [0.15, 0.2) is 28.4 Å². The van der Waals surface area contributed by atoms with Gasteiger partial charge in [-0.05, 0) is 53.0 Å². The number of piperidine rings is 1. The van der Waals surface area contributed by atoms with Crippen LogP contribution in [0.25, 0.3) is 0 Å². The number of aliphatic hydroxyl groups excluding tert-OH is 1. The monoisotopic (exact) mass is 658 g/mol. The Morgan fingerprint density at radius 1 is 1.24 bits per heavy atom. The number of ether oxygens (including phenoxy) is 5. The van der Waals surface area contributed by atoms with E-state index in [1.54, 1.807) is 19.5 Å². The summed E-state index contributed by atoms with van der Waals surface area (Å²) >= 11 is 1.46. The fraction of sp³-hybridized carbons (Fsp3) is 0.688. The van der Waals surface area contributed by atoms with Crippen LogP contribution in [0.3, 0.4) is 0 Å². The van der Waals surface area contributed by atoms with E-state index in [9.17, 15) is 9.90 Å². The maximum absolute atomic E-state index is 12.6. The number of amides is 1. The molecule has 0 aliphatic carbocycles. The van der Waals surface area contributed by atoms with Gasteiger partial charge >= 0.3 is 6.09 Å². The number of methoxy groups -OCH3 is 1. The molecular weight excluding hydrogens is 612 g/mol. The van der Waals surface area contributed by atoms with Gasteiger partial charge in [0.25, 0.3) is 0 Å². The molecule has 13 nitrogen and oxygen atoms in total. The number of rotatable bonds is 9. The summed E-state index contributed by atoms with van der Waals surface area (Å²) in [7, 11) is 1.63. The summed E-state index contributed by atoms with van der Waals surface area (Å²) < 4.78 is 28.5. The highest BCUT2D eigenvalue weighted by Crippen LogP contribution is 2.46. The number of carbonyl (C=O) groups is 1. The van der Waals surface area contributed by atoms with Crippen LogP contribution in [-0.2, 0) is 25.6 Å². The Balaban J connectivity index is 1.11. The molecule has 6 heterocycles. The molecule has 6 rings (SSSR count). The zero-order valence-electron chi connectivity index (χ0n) is 27.4. The lowest BCUT2D eigenvalue weighted by molar-refractivity contribution is -0.0414. The van der Waals surface area contributed by atoms with Crippen LogP contribution in [0.1, 0.15) is 52.7 Å². The van der Waals surface area contributed by atoms with Crippen molar-refractivity contribution in [3.63, 3.8) is 0 Å². The second-order valence-electron chi connectivity index (χ2n) is 13.7. The van der Waals surface area contributed by atoms with Gasteiger partial charge in [-0.1, -0.05) is 11.8 Å². The highest BCUT2D eigenvalue weighted by atomic mass is 32.2. The van der Waals surface area contributed by atoms with E-state index < -0.39 is 11.7 Å². The largest absolute Gasteiger partial charge is 0.486 e. The van der Waals surface area contributed by atoms with Gasteiger partial charge in [-0.25, -0.2) is 19.7 Å². The van der Waals surface area contributed by atoms with Crippen molar-refractivity contribution in [2.45, 2.75) is 87.3 Å². The Hall–Kier alpha value is -2.91. The molecule has 252 valence electrons. The number of hydrogen-bond donors (Lipinski definition) is 2. The molecule has 14 heteroatoms. The summed E-state index contributed by atoms with van der Waals surface area (Å²) in [5, 5.41) is 14.1. The molecule has 3 fully saturated rings. The molecule has 0 bridgehead atoms. The number of carbonyl (C=O) groups excluding carboxylic acids is 1. The molecule has 2 N–H and O–H groups in total. The first-order chi connectivity index (χ1) is 22.1. The average molecular weight is 659 g/mol. The maximum atomic E-state index is 12.6. The first kappa shape index (κ1) is 33.0. The van der Waals surface area contributed by atoms with Crippen molar-refractivity contribution >= 4 is 29.5 Å². The summed E-state index contributed by atoms with van der Waals surface area (Å²) in [6.07, 6.45) is 5.62. The van der Waals surface area contributed by atoms with E-state index in [1.807, 2.05) is 33.8 Å². The van der Waals surface area contributed by atoms with Crippen LogP contribution >= 0.6 is 11.8 Å². The first-order valence-corrected chi connectivity index (χ1v) is 16.9. The van der Waals surface area contributed by atoms with E-state index in [-0.39, 0.29) is 30.2 Å². The molecule has 0 aromatic carbocycles. The minimum atomic E-state index is -0.572. The third kappa shape index (κ3) is 7.01. The molecule has 0 radical (unpaired) electrons. The van der Waals surface area contributed by atoms with Gasteiger partial charge in [0.05, 0.1) is 49.1 Å². The van der Waals surface area contributed by atoms with Crippen molar-refractivity contribution in [3.8, 4) is 5.75 Å². The highest BCUT2D eigenvalue weighted by Gasteiger charge is 2.51. The zero-order chi connectivity index (χ0) is 32.5. The molecule has 2 aromatic rings. The van der Waals surface area contributed by atoms with Gasteiger partial charge in [0, 0.05) is 44.3 Å². The molecular formula is C32H46N6O7S. The summed E-state index contributed by atoms with van der Waals surface area (Å²) in [6.45, 7) is 11.7. The molecule has 1 amide bonds. The lowest BCUT2D eigenvalue weighted by Gasteiger charge is -2.43. The van der Waals surface area contributed by atoms with E-state index in [0.717, 1.165) is 42.3 Å². The number of pyridine rings is 1. The molecule has 0 saturated carbocycles. The van der Waals surface area contributed by atoms with Gasteiger partial charge < -0.3 is 43.9 Å². The molecule has 4 unspecified atom stereocenters. The molecule has 4 aliphatic rings. The van der Waals surface area contributed by atoms with Gasteiger partial charge in [0.15, 0.2) is 17.4 Å². The fourth-order valence-corrected chi connectivity index (χ4v) is 7.97. The molecule has 4 atom stereocenters. The van der Waals surface area contributed by atoms with E-state index in [2.05, 4.69) is 20.1 Å². The highest BCUT2D eigenvalue weighted by molar-refractivity contribution is 7.99. The smallest absolute Gasteiger partial charge is 0.407 e. The Bertz CT molecular complexity index is 1390. The normalized spacial score (nSPS) is 25.3. The van der Waals surface area contributed by atoms with Crippen LogP contribution in [0.4, 0.5) is 16.4 Å². The van der Waals surface area contributed by atoms with Crippen LogP contribution in [0.5, 0.6) is 5.75 Å². The molecule has 3 saturated heterocycles. The van der Waals surface area contributed by atoms with Crippen molar-refractivity contribution in [2.24, 2.45) is 11.3 Å². The topological polar surface area (TPSA) is 141 Å². The van der Waals surface area contributed by atoms with Crippen molar-refractivity contribution < 1.29 is 33.6 Å². The first-order valence-electron chi connectivity index (χ1n) is 16.0. The van der Waals surface area contributed by atoms with Gasteiger partial charge in [-0.2, -0.15) is 0 Å². The number of nitrogens with one attached hydrogen (secondary N) is 1. The number of aromatic nitrogens is 3. The van der Waals surface area contributed by atoms with Gasteiger partial charge in [0.2, 0.25) is 0 Å². The number of anilines is 2. The maximum Gasteiger partial charge on any atom is 0.407 e. The summed E-state index contributed by atoms with van der Waals surface area (Å²) in [6, 6.07) is 2.05. The van der Waals surface area contributed by atoms with Crippen molar-refractivity contribution in [1.29, 1.82) is 0 Å². The SMILES string of the molecule is COCOCC1CC2COc3c(Sc4cnc(N5CCC6(CC5)COC(C)C6NC(=O)OC(C)(C)C)c(CO)n4)ccnc3N2C1. The van der Waals surface area contributed by atoms with E-state index in [0.29, 0.717) is 62.2 Å². The number of aliphatic hydroxyl groups is 1. The quantitative estimate of drug-likeness (QED) is 0.300. The van der Waals surface area contributed by atoms with Crippen molar-refractivity contribution in [1.82, 2.24) is 20.3 Å². The van der Waals surface area contributed by atoms with E-state index >= 15 is 0 Å². The molecule has 46 heavy (non-hydrogen) atoms. The van der Waals surface area contributed by atoms with Gasteiger partial charge in [-0.15, -0.1) is 0 Å². The minimum absolute atomic E-state index is 0.112. The van der Waals surface area contributed by atoms with Crippen LogP contribution < -0.4 is 19.9 Å². The Morgan fingerprint density at radius 3 is 2.78 bits per heavy atom. The number of hydrogen-bond acceptors (Lipinski definition) is 13. The molecule has 1 spiro atoms. The Kier molecular flexibility index (Phi) is 9.81. The van der Waals surface area contributed by atoms with Crippen LogP contribution in [0.2, 0.25) is 0 Å². The third-order valence-electron chi connectivity index (χ3n) is 9.26. The summed E-state index contributed by atoms with van der Waals surface area (Å²) in [4.78, 5) is 32.3. The summed E-state index contributed by atoms with van der Waals surface area (Å²) in [5.74, 6) is 2.66. The van der Waals surface area contributed by atoms with Gasteiger partial charge in [0.1, 0.15) is 29.7 Å². The van der Waals surface area contributed by atoms with Crippen molar-refractivity contribution in [2.75, 3.05) is 63.2 Å². The molecule has 2 aromatic heterocycles. The van der Waals surface area contributed by atoms with E-state index in [1.165, 1.54) is 11.8 Å². The second kappa shape index (κ2) is 13.7. The predicted octanol–water partition coefficient (Wildman–Crippen LogP) is 3.62. The number of nitrogens with zero attached hydrogens (tertiary/aromatic N) is 5. The summed E-state index contributed by atoms with van der Waals surface area (Å²) in [5.41, 5.74) is -0.235. The third-order valence-corrected chi connectivity index (χ3v) is 10.2. The van der Waals surface area contributed by atoms with Crippen LogP contribution in [0, 0.1) is 11.3 Å². The standard InChI is InChI=1S/C32H46N6O7S/c1-20-27(36-30(40)45-31(2,3)4)32(18-44-20)7-10-37(11-8-32)28-23(15-39)35-25(13-34-28)46-24-6-9-33-29-26(24)43-17-22-12-21(14-38(22)29)16-42-19-41-5/h6,9,13,20-22,27,39H,7-8,10-12,14-19H2,1-5H3,(H,36,40). The van der Waals surface area contributed by atoms with Crippen LogP contribution in [-0.4, -0.2) is 103 Å². The van der Waals surface area contributed by atoms with E-state index in [4.69, 9.17) is 33.7 Å².